The van der Waals surface area contributed by atoms with Crippen molar-refractivity contribution in [3.8, 4) is 16.3 Å². The Morgan fingerprint density at radius 1 is 1.08 bits per heavy atom. The lowest BCUT2D eigenvalue weighted by Gasteiger charge is -2.19. The van der Waals surface area contributed by atoms with Crippen molar-refractivity contribution in [2.75, 3.05) is 17.7 Å². The van der Waals surface area contributed by atoms with Gasteiger partial charge in [0.1, 0.15) is 10.8 Å². The number of hydrogen-bond donors (Lipinski definition) is 7. The summed E-state index contributed by atoms with van der Waals surface area (Å²) < 4.78 is 5.65. The van der Waals surface area contributed by atoms with Gasteiger partial charge in [-0.25, -0.2) is 9.97 Å². The molecule has 2 amide bonds. The van der Waals surface area contributed by atoms with E-state index in [1.54, 1.807) is 43.6 Å². The van der Waals surface area contributed by atoms with Gasteiger partial charge in [-0.3, -0.25) is 14.9 Å². The Balaban J connectivity index is 1.72. The summed E-state index contributed by atoms with van der Waals surface area (Å²) in [6.07, 6.45) is 0.842. The molecule has 1 saturated carbocycles. The molecule has 4 rings (SSSR count). The van der Waals surface area contributed by atoms with Gasteiger partial charge in [0, 0.05) is 24.4 Å². The number of methoxy groups -OCH3 is 1. The number of nitrogens with zero attached hydrogens (tertiary/aromatic N) is 2. The van der Waals surface area contributed by atoms with Crippen molar-refractivity contribution in [1.29, 1.82) is 0 Å². The third kappa shape index (κ3) is 6.39. The molecule has 196 valence electrons. The number of ether oxygens (including phenoxy) is 1. The lowest BCUT2D eigenvalue weighted by Crippen LogP contribution is -2.48. The Morgan fingerprint density at radius 3 is 2.41 bits per heavy atom. The Kier molecular flexibility index (Phi) is 7.17. The number of benzene rings is 1. The number of pyridine rings is 1. The molecule has 0 aliphatic heterocycles. The molecular formula is C24H27N5O7S. The fraction of sp³-hybridized carbons (Fsp3) is 0.333. The highest BCUT2D eigenvalue weighted by molar-refractivity contribution is 7.15. The van der Waals surface area contributed by atoms with Crippen LogP contribution in [0.3, 0.4) is 0 Å². The van der Waals surface area contributed by atoms with Crippen LogP contribution in [-0.4, -0.2) is 55.4 Å². The van der Waals surface area contributed by atoms with Crippen LogP contribution in [0.5, 0.6) is 5.75 Å². The minimum absolute atomic E-state index is 0.0798. The Morgan fingerprint density at radius 2 is 1.81 bits per heavy atom. The molecule has 1 fully saturated rings. The summed E-state index contributed by atoms with van der Waals surface area (Å²) in [6, 6.07) is 6.62. The maximum absolute atomic E-state index is 12.6. The topological polar surface area (TPSA) is 186 Å². The van der Waals surface area contributed by atoms with Gasteiger partial charge in [-0.1, -0.05) is 6.07 Å². The first-order valence-corrected chi connectivity index (χ1v) is 12.1. The maximum Gasteiger partial charge on any atom is 0.369 e. The molecule has 2 heterocycles. The zero-order valence-electron chi connectivity index (χ0n) is 20.3. The quantitative estimate of drug-likeness (QED) is 0.202. The van der Waals surface area contributed by atoms with E-state index in [4.69, 9.17) is 4.74 Å². The van der Waals surface area contributed by atoms with E-state index in [1.165, 1.54) is 24.5 Å². The van der Waals surface area contributed by atoms with Gasteiger partial charge in [-0.2, -0.15) is 0 Å². The number of aliphatic hydroxyl groups is 4. The van der Waals surface area contributed by atoms with Gasteiger partial charge in [0.2, 0.25) is 5.91 Å². The molecule has 0 radical (unpaired) electrons. The smallest absolute Gasteiger partial charge is 0.369 e. The van der Waals surface area contributed by atoms with Gasteiger partial charge in [0.25, 0.3) is 5.91 Å². The van der Waals surface area contributed by atoms with Crippen LogP contribution in [0.15, 0.2) is 36.7 Å². The second-order valence-electron chi connectivity index (χ2n) is 9.07. The number of amides is 2. The van der Waals surface area contributed by atoms with Crippen LogP contribution in [0.25, 0.3) is 10.6 Å². The minimum Gasteiger partial charge on any atom is -0.494 e. The molecule has 37 heavy (non-hydrogen) atoms. The largest absolute Gasteiger partial charge is 0.494 e. The number of carbonyl (C=O) groups is 2. The van der Waals surface area contributed by atoms with Crippen molar-refractivity contribution < 1.29 is 34.8 Å². The van der Waals surface area contributed by atoms with Crippen LogP contribution in [0.2, 0.25) is 0 Å². The summed E-state index contributed by atoms with van der Waals surface area (Å²) >= 11 is 1.30. The molecule has 13 heteroatoms. The first kappa shape index (κ1) is 26.4. The normalized spacial score (nSPS) is 13.7. The third-order valence-corrected chi connectivity index (χ3v) is 6.80. The maximum atomic E-state index is 12.6. The van der Waals surface area contributed by atoms with E-state index in [-0.39, 0.29) is 28.9 Å². The van der Waals surface area contributed by atoms with Crippen LogP contribution in [0.1, 0.15) is 41.9 Å². The minimum atomic E-state index is -3.45. The molecule has 0 saturated heterocycles. The summed E-state index contributed by atoms with van der Waals surface area (Å²) in [5, 5.41) is 45.9. The van der Waals surface area contributed by atoms with Gasteiger partial charge >= 0.3 is 6.10 Å². The van der Waals surface area contributed by atoms with Crippen LogP contribution in [-0.2, 0) is 10.4 Å². The monoisotopic (exact) mass is 529 g/mol. The average molecular weight is 530 g/mol. The Bertz CT molecular complexity index is 1330. The van der Waals surface area contributed by atoms with Gasteiger partial charge in [0.15, 0.2) is 5.75 Å². The lowest BCUT2D eigenvalue weighted by molar-refractivity contribution is -0.323. The van der Waals surface area contributed by atoms with Crippen LogP contribution in [0.4, 0.5) is 17.2 Å². The molecule has 1 aliphatic rings. The number of anilines is 3. The number of hydrogen-bond acceptors (Lipinski definition) is 11. The fourth-order valence-corrected chi connectivity index (χ4v) is 4.39. The average Bonchev–Trinajstić information content (AvgIpc) is 3.53. The zero-order valence-corrected chi connectivity index (χ0v) is 21.1. The van der Waals surface area contributed by atoms with Gasteiger partial charge in [-0.15, -0.1) is 11.3 Å². The second kappa shape index (κ2) is 10.0. The zero-order chi connectivity index (χ0) is 27.0. The van der Waals surface area contributed by atoms with Crippen LogP contribution in [0, 0.1) is 5.92 Å². The molecule has 1 aromatic carbocycles. The molecule has 0 atom stereocenters. The van der Waals surface area contributed by atoms with Crippen molar-refractivity contribution in [2.24, 2.45) is 5.92 Å². The summed E-state index contributed by atoms with van der Waals surface area (Å²) in [5.41, 5.74) is -0.0500. The van der Waals surface area contributed by atoms with Crippen molar-refractivity contribution in [3.05, 3.63) is 47.1 Å². The van der Waals surface area contributed by atoms with Crippen molar-refractivity contribution in [2.45, 2.75) is 38.4 Å². The molecule has 2 aromatic heterocycles. The van der Waals surface area contributed by atoms with Crippen LogP contribution < -0.4 is 20.7 Å². The SMILES string of the molecule is COc1c(Nc2cc(NC(=O)C3CC3)ncc2C(=O)NC(O)(O)O)cccc1-c1ncc(C(C)(C)O)s1. The Hall–Kier alpha value is -3.62. The molecule has 0 spiro atoms. The summed E-state index contributed by atoms with van der Waals surface area (Å²) in [4.78, 5) is 34.0. The highest BCUT2D eigenvalue weighted by Crippen LogP contribution is 2.41. The Labute approximate surface area is 216 Å². The molecule has 12 nitrogen and oxygen atoms in total. The fourth-order valence-electron chi connectivity index (χ4n) is 3.45. The van der Waals surface area contributed by atoms with E-state index >= 15 is 0 Å². The van der Waals surface area contributed by atoms with E-state index in [0.717, 1.165) is 19.0 Å². The van der Waals surface area contributed by atoms with E-state index in [9.17, 15) is 30.0 Å². The summed E-state index contributed by atoms with van der Waals surface area (Å²) in [6.45, 7) is 3.32. The predicted molar refractivity (Wildman–Crippen MR) is 135 cm³/mol. The summed E-state index contributed by atoms with van der Waals surface area (Å²) in [5.74, 6) is -0.770. The van der Waals surface area contributed by atoms with E-state index in [2.05, 4.69) is 20.6 Å². The van der Waals surface area contributed by atoms with Gasteiger partial charge < -0.3 is 35.8 Å². The first-order chi connectivity index (χ1) is 17.4. The lowest BCUT2D eigenvalue weighted by atomic mass is 10.1. The molecule has 1 aliphatic carbocycles. The van der Waals surface area contributed by atoms with E-state index in [1.807, 2.05) is 0 Å². The number of rotatable bonds is 9. The van der Waals surface area contributed by atoms with E-state index < -0.39 is 17.6 Å². The van der Waals surface area contributed by atoms with Crippen molar-refractivity contribution in [1.82, 2.24) is 15.3 Å². The third-order valence-electron chi connectivity index (χ3n) is 5.46. The molecular weight excluding hydrogens is 502 g/mol. The number of nitrogens with one attached hydrogen (secondary N) is 3. The summed E-state index contributed by atoms with van der Waals surface area (Å²) in [7, 11) is 1.47. The van der Waals surface area contributed by atoms with Gasteiger partial charge in [0.05, 0.1) is 40.1 Å². The van der Waals surface area contributed by atoms with Crippen molar-refractivity contribution >= 4 is 40.3 Å². The predicted octanol–water partition coefficient (Wildman–Crippen LogP) is 1.85. The molecule has 3 aromatic rings. The van der Waals surface area contributed by atoms with E-state index in [0.29, 0.717) is 26.9 Å². The highest BCUT2D eigenvalue weighted by atomic mass is 32.1. The molecule has 7 N–H and O–H groups in total. The molecule has 0 bridgehead atoms. The number of thiazole rings is 1. The number of aromatic nitrogens is 2. The van der Waals surface area contributed by atoms with Crippen LogP contribution >= 0.6 is 11.3 Å². The van der Waals surface area contributed by atoms with Crippen molar-refractivity contribution in [3.63, 3.8) is 0 Å². The standard InChI is InChI=1S/C24H27N5O7S/c1-23(2,32)17-11-26-22(37-17)13-5-4-6-15(19(13)36-3)27-16-9-18(28-20(30)12-7-8-12)25-10-14(16)21(31)29-24(33,34)35/h4-6,9-12,32-35H,7-8H2,1-3H3,(H,29,31)(H2,25,27,28,30). The second-order valence-corrected chi connectivity index (χ2v) is 10.1. The first-order valence-electron chi connectivity index (χ1n) is 11.3. The van der Waals surface area contributed by atoms with Gasteiger partial charge in [-0.05, 0) is 38.8 Å². The number of carbonyl (C=O) groups excluding carboxylic acids is 2. The molecule has 0 unspecified atom stereocenters. The number of para-hydroxylation sites is 1. The highest BCUT2D eigenvalue weighted by Gasteiger charge is 2.30.